The summed E-state index contributed by atoms with van der Waals surface area (Å²) in [6.45, 7) is 8.08. The van der Waals surface area contributed by atoms with Crippen molar-refractivity contribution in [1.82, 2.24) is 4.98 Å². The molecule has 0 spiro atoms. The third-order valence-electron chi connectivity index (χ3n) is 1.47. The molecule has 2 heteroatoms. The minimum Gasteiger partial charge on any atom is -0.506 e. The Morgan fingerprint density at radius 1 is 1.38 bits per heavy atom. The Balaban J connectivity index is 0.000000252. The van der Waals surface area contributed by atoms with Crippen molar-refractivity contribution in [1.29, 1.82) is 0 Å². The Bertz CT molecular complexity index is 237. The molecule has 0 bridgehead atoms. The molecule has 2 nitrogen and oxygen atoms in total. The molecule has 0 radical (unpaired) electrons. The molecule has 0 amide bonds. The first-order chi connectivity index (χ1) is 6.06. The van der Waals surface area contributed by atoms with E-state index in [1.165, 1.54) is 11.8 Å². The number of hydrogen-bond acceptors (Lipinski definition) is 2. The van der Waals surface area contributed by atoms with E-state index in [9.17, 15) is 0 Å². The van der Waals surface area contributed by atoms with E-state index in [1.54, 1.807) is 12.1 Å². The highest BCUT2D eigenvalue weighted by Crippen LogP contribution is 2.03. The fourth-order valence-electron chi connectivity index (χ4n) is 0.460. The second-order valence-corrected chi connectivity index (χ2v) is 3.02. The summed E-state index contributed by atoms with van der Waals surface area (Å²) in [5, 5.41) is 8.69. The Kier molecular flexibility index (Phi) is 5.60. The second kappa shape index (κ2) is 6.23. The zero-order valence-corrected chi connectivity index (χ0v) is 8.70. The van der Waals surface area contributed by atoms with Gasteiger partial charge in [0.15, 0.2) is 0 Å². The largest absolute Gasteiger partial charge is 0.506 e. The lowest BCUT2D eigenvalue weighted by Gasteiger charge is -1.88. The van der Waals surface area contributed by atoms with Crippen LogP contribution in [0.3, 0.4) is 0 Å². The smallest absolute Gasteiger partial charge is 0.133 e. The average Bonchev–Trinajstić information content (AvgIpc) is 2.11. The molecule has 72 valence electrons. The van der Waals surface area contributed by atoms with E-state index < -0.39 is 0 Å². The van der Waals surface area contributed by atoms with Crippen molar-refractivity contribution in [2.45, 2.75) is 27.7 Å². The molecule has 0 unspecified atom stereocenters. The van der Waals surface area contributed by atoms with E-state index in [0.717, 1.165) is 5.69 Å². The van der Waals surface area contributed by atoms with Crippen LogP contribution in [0.15, 0.2) is 30.0 Å². The van der Waals surface area contributed by atoms with Gasteiger partial charge in [0.1, 0.15) is 5.75 Å². The maximum atomic E-state index is 8.69. The van der Waals surface area contributed by atoms with E-state index in [-0.39, 0.29) is 5.75 Å². The van der Waals surface area contributed by atoms with Crippen LogP contribution in [-0.2, 0) is 0 Å². The maximum absolute atomic E-state index is 8.69. The number of aromatic hydroxyl groups is 1. The molecular formula is C11H17NO. The Morgan fingerprint density at radius 3 is 2.15 bits per heavy atom. The van der Waals surface area contributed by atoms with Crippen LogP contribution in [-0.4, -0.2) is 10.1 Å². The van der Waals surface area contributed by atoms with Gasteiger partial charge in [-0.25, -0.2) is 0 Å². The first kappa shape index (κ1) is 11.7. The van der Waals surface area contributed by atoms with Crippen LogP contribution in [0, 0.1) is 6.92 Å². The van der Waals surface area contributed by atoms with Crippen molar-refractivity contribution in [3.63, 3.8) is 0 Å². The van der Waals surface area contributed by atoms with Gasteiger partial charge in [-0.15, -0.1) is 0 Å². The SMILES string of the molecule is CC=C(C)C.Cc1ccc(O)cn1. The summed E-state index contributed by atoms with van der Waals surface area (Å²) in [6.07, 6.45) is 3.51. The highest BCUT2D eigenvalue weighted by atomic mass is 16.3. The predicted molar refractivity (Wildman–Crippen MR) is 55.7 cm³/mol. The molecule has 0 aliphatic heterocycles. The molecule has 0 saturated heterocycles. The van der Waals surface area contributed by atoms with Crippen LogP contribution in [0.5, 0.6) is 5.75 Å². The molecule has 0 aromatic carbocycles. The summed E-state index contributed by atoms with van der Waals surface area (Å²) in [7, 11) is 0. The van der Waals surface area contributed by atoms with Gasteiger partial charge in [-0.3, -0.25) is 4.98 Å². The average molecular weight is 179 g/mol. The zero-order valence-electron chi connectivity index (χ0n) is 8.70. The van der Waals surface area contributed by atoms with Crippen molar-refractivity contribution in [2.75, 3.05) is 0 Å². The first-order valence-electron chi connectivity index (χ1n) is 4.27. The van der Waals surface area contributed by atoms with Gasteiger partial charge in [0, 0.05) is 5.69 Å². The second-order valence-electron chi connectivity index (χ2n) is 3.02. The predicted octanol–water partition coefficient (Wildman–Crippen LogP) is 3.07. The molecule has 1 aromatic heterocycles. The highest BCUT2D eigenvalue weighted by molar-refractivity contribution is 5.16. The fraction of sp³-hybridized carbons (Fsp3) is 0.364. The van der Waals surface area contributed by atoms with Crippen molar-refractivity contribution >= 4 is 0 Å². The molecule has 0 saturated carbocycles. The Morgan fingerprint density at radius 2 is 1.92 bits per heavy atom. The third-order valence-corrected chi connectivity index (χ3v) is 1.47. The quantitative estimate of drug-likeness (QED) is 0.621. The lowest BCUT2D eigenvalue weighted by atomic mass is 10.3. The van der Waals surface area contributed by atoms with Crippen LogP contribution in [0.1, 0.15) is 26.5 Å². The van der Waals surface area contributed by atoms with Crippen LogP contribution in [0.25, 0.3) is 0 Å². The van der Waals surface area contributed by atoms with Gasteiger partial charge in [-0.1, -0.05) is 11.6 Å². The van der Waals surface area contributed by atoms with E-state index in [4.69, 9.17) is 5.11 Å². The van der Waals surface area contributed by atoms with Gasteiger partial charge in [-0.2, -0.15) is 0 Å². The van der Waals surface area contributed by atoms with E-state index >= 15 is 0 Å². The minimum atomic E-state index is 0.218. The number of pyridine rings is 1. The first-order valence-corrected chi connectivity index (χ1v) is 4.27. The number of aromatic nitrogens is 1. The van der Waals surface area contributed by atoms with Gasteiger partial charge < -0.3 is 5.11 Å². The number of nitrogens with zero attached hydrogens (tertiary/aromatic N) is 1. The van der Waals surface area contributed by atoms with Crippen LogP contribution in [0.4, 0.5) is 0 Å². The van der Waals surface area contributed by atoms with Crippen molar-refractivity contribution in [3.8, 4) is 5.75 Å². The monoisotopic (exact) mass is 179 g/mol. The molecule has 0 aliphatic carbocycles. The summed E-state index contributed by atoms with van der Waals surface area (Å²) in [4.78, 5) is 3.83. The standard InChI is InChI=1S/C6H7NO.C5H10/c1-5-2-3-6(8)4-7-5;1-4-5(2)3/h2-4,8H,1H3;4H,1-3H3. The van der Waals surface area contributed by atoms with Gasteiger partial charge in [0.25, 0.3) is 0 Å². The van der Waals surface area contributed by atoms with Crippen LogP contribution < -0.4 is 0 Å². The molecule has 1 N–H and O–H groups in total. The maximum Gasteiger partial charge on any atom is 0.133 e. The van der Waals surface area contributed by atoms with Crippen molar-refractivity contribution in [3.05, 3.63) is 35.7 Å². The minimum absolute atomic E-state index is 0.218. The highest BCUT2D eigenvalue weighted by Gasteiger charge is 1.83. The normalized spacial score (nSPS) is 8.31. The van der Waals surface area contributed by atoms with E-state index in [0.29, 0.717) is 0 Å². The summed E-state index contributed by atoms with van der Waals surface area (Å²) < 4.78 is 0. The van der Waals surface area contributed by atoms with Crippen molar-refractivity contribution < 1.29 is 5.11 Å². The summed E-state index contributed by atoms with van der Waals surface area (Å²) >= 11 is 0. The van der Waals surface area contributed by atoms with E-state index in [1.807, 2.05) is 13.8 Å². The topological polar surface area (TPSA) is 33.1 Å². The molecule has 1 aromatic rings. The Labute approximate surface area is 80.0 Å². The molecular weight excluding hydrogens is 162 g/mol. The number of rotatable bonds is 0. The number of allylic oxidation sites excluding steroid dienone is 2. The molecule has 1 rings (SSSR count). The van der Waals surface area contributed by atoms with Gasteiger partial charge in [-0.05, 0) is 39.8 Å². The van der Waals surface area contributed by atoms with E-state index in [2.05, 4.69) is 24.9 Å². The summed E-state index contributed by atoms with van der Waals surface area (Å²) in [6, 6.07) is 3.37. The van der Waals surface area contributed by atoms with Gasteiger partial charge >= 0.3 is 0 Å². The molecule has 0 fully saturated rings. The van der Waals surface area contributed by atoms with Crippen LogP contribution in [0.2, 0.25) is 0 Å². The molecule has 0 aliphatic rings. The van der Waals surface area contributed by atoms with Crippen LogP contribution >= 0.6 is 0 Å². The number of aryl methyl sites for hydroxylation is 1. The zero-order chi connectivity index (χ0) is 10.3. The van der Waals surface area contributed by atoms with Gasteiger partial charge in [0.05, 0.1) is 6.20 Å². The molecule has 0 atom stereocenters. The van der Waals surface area contributed by atoms with Crippen molar-refractivity contribution in [2.24, 2.45) is 0 Å². The molecule has 1 heterocycles. The lowest BCUT2D eigenvalue weighted by Crippen LogP contribution is -1.75. The molecule has 13 heavy (non-hydrogen) atoms. The summed E-state index contributed by atoms with van der Waals surface area (Å²) in [5.41, 5.74) is 2.30. The summed E-state index contributed by atoms with van der Waals surface area (Å²) in [5.74, 6) is 0.218. The lowest BCUT2D eigenvalue weighted by molar-refractivity contribution is 0.472. The fourth-order valence-corrected chi connectivity index (χ4v) is 0.460. The third kappa shape index (κ3) is 7.06. The van der Waals surface area contributed by atoms with Gasteiger partial charge in [0.2, 0.25) is 0 Å². The Hall–Kier alpha value is -1.31. The number of hydrogen-bond donors (Lipinski definition) is 1.